The van der Waals surface area contributed by atoms with Gasteiger partial charge in [0.25, 0.3) is 5.91 Å². The van der Waals surface area contributed by atoms with Crippen molar-refractivity contribution < 1.29 is 9.53 Å². The lowest BCUT2D eigenvalue weighted by Gasteiger charge is -2.17. The second-order valence-electron chi connectivity index (χ2n) is 6.34. The molecule has 2 aromatic rings. The van der Waals surface area contributed by atoms with Crippen LogP contribution in [0.4, 0.5) is 0 Å². The molecule has 128 valence electrons. The van der Waals surface area contributed by atoms with Crippen LogP contribution in [-0.4, -0.2) is 52.4 Å². The Morgan fingerprint density at radius 3 is 2.92 bits per heavy atom. The summed E-state index contributed by atoms with van der Waals surface area (Å²) in [5.74, 6) is 0.535. The smallest absolute Gasteiger partial charge is 0.272 e. The number of aryl methyl sites for hydroxylation is 2. The number of likely N-dealkylation sites (tertiary alicyclic amines) is 1. The van der Waals surface area contributed by atoms with Crippen molar-refractivity contribution in [1.82, 2.24) is 19.7 Å². The highest BCUT2D eigenvalue weighted by atomic mass is 16.5. The van der Waals surface area contributed by atoms with Gasteiger partial charge in [-0.2, -0.15) is 5.10 Å². The van der Waals surface area contributed by atoms with Crippen molar-refractivity contribution in [3.8, 4) is 0 Å². The molecule has 0 unspecified atom stereocenters. The fourth-order valence-corrected chi connectivity index (χ4v) is 3.50. The summed E-state index contributed by atoms with van der Waals surface area (Å²) in [6.07, 6.45) is 6.41. The topological polar surface area (TPSA) is 60.3 Å². The minimum Gasteiger partial charge on any atom is -0.384 e. The molecular weight excluding hydrogens is 304 g/mol. The molecule has 0 bridgehead atoms. The van der Waals surface area contributed by atoms with E-state index in [4.69, 9.17) is 4.74 Å². The zero-order chi connectivity index (χ0) is 17.1. The molecule has 0 N–H and O–H groups in total. The molecule has 6 heteroatoms. The summed E-state index contributed by atoms with van der Waals surface area (Å²) in [6, 6.07) is 3.85. The maximum absolute atomic E-state index is 13.0. The van der Waals surface area contributed by atoms with Gasteiger partial charge in [-0.15, -0.1) is 0 Å². The summed E-state index contributed by atoms with van der Waals surface area (Å²) in [5.41, 5.74) is 2.73. The number of ether oxygens (including phenoxy) is 1. The molecule has 1 saturated heterocycles. The van der Waals surface area contributed by atoms with Gasteiger partial charge in [-0.1, -0.05) is 13.0 Å². The number of nitrogens with zero attached hydrogens (tertiary/aromatic N) is 4. The summed E-state index contributed by atoms with van der Waals surface area (Å²) in [4.78, 5) is 19.2. The lowest BCUT2D eigenvalue weighted by atomic mass is 9.92. The number of aromatic nitrogens is 3. The van der Waals surface area contributed by atoms with Gasteiger partial charge in [0.1, 0.15) is 5.69 Å². The van der Waals surface area contributed by atoms with Crippen LogP contribution in [0.15, 0.2) is 30.7 Å². The molecule has 1 aliphatic rings. The zero-order valence-corrected chi connectivity index (χ0v) is 14.5. The standard InChI is InChI=1S/C18H24N4O2/c1-4-13-6-5-7-19-17(13)18(23)22-10-15(12-24-3)16(11-22)14-8-20-21(2)9-14/h5-9,15-16H,4,10-12H2,1-3H3/t15-,16-/m0/s1. The van der Waals surface area contributed by atoms with E-state index in [1.165, 1.54) is 0 Å². The van der Waals surface area contributed by atoms with Crippen LogP contribution in [-0.2, 0) is 18.2 Å². The molecule has 1 amide bonds. The van der Waals surface area contributed by atoms with Crippen LogP contribution in [0.2, 0.25) is 0 Å². The van der Waals surface area contributed by atoms with Crippen molar-refractivity contribution in [3.63, 3.8) is 0 Å². The monoisotopic (exact) mass is 328 g/mol. The highest BCUT2D eigenvalue weighted by Crippen LogP contribution is 2.33. The number of carbonyl (C=O) groups is 1. The van der Waals surface area contributed by atoms with Gasteiger partial charge in [0, 0.05) is 51.5 Å². The molecule has 2 aromatic heterocycles. The van der Waals surface area contributed by atoms with Crippen LogP contribution in [0.5, 0.6) is 0 Å². The van der Waals surface area contributed by atoms with Gasteiger partial charge in [-0.05, 0) is 23.6 Å². The first-order chi connectivity index (χ1) is 11.6. The molecule has 3 heterocycles. The maximum atomic E-state index is 13.0. The van der Waals surface area contributed by atoms with E-state index in [-0.39, 0.29) is 17.7 Å². The first-order valence-electron chi connectivity index (χ1n) is 8.34. The van der Waals surface area contributed by atoms with E-state index >= 15 is 0 Å². The molecule has 24 heavy (non-hydrogen) atoms. The van der Waals surface area contributed by atoms with Crippen molar-refractivity contribution in [1.29, 1.82) is 0 Å². The Morgan fingerprint density at radius 2 is 2.25 bits per heavy atom. The second-order valence-corrected chi connectivity index (χ2v) is 6.34. The molecular formula is C18H24N4O2. The summed E-state index contributed by atoms with van der Waals surface area (Å²) in [5, 5.41) is 4.27. The second kappa shape index (κ2) is 7.13. The van der Waals surface area contributed by atoms with Crippen molar-refractivity contribution in [2.24, 2.45) is 13.0 Å². The summed E-state index contributed by atoms with van der Waals surface area (Å²) >= 11 is 0. The minimum atomic E-state index is 0.0138. The van der Waals surface area contributed by atoms with Crippen molar-refractivity contribution in [3.05, 3.63) is 47.5 Å². The van der Waals surface area contributed by atoms with E-state index in [1.807, 2.05) is 43.4 Å². The van der Waals surface area contributed by atoms with Crippen LogP contribution >= 0.6 is 0 Å². The molecule has 1 aliphatic heterocycles. The molecule has 6 nitrogen and oxygen atoms in total. The van der Waals surface area contributed by atoms with Gasteiger partial charge in [0.2, 0.25) is 0 Å². The van der Waals surface area contributed by atoms with E-state index in [1.54, 1.807) is 18.0 Å². The van der Waals surface area contributed by atoms with Crippen LogP contribution < -0.4 is 0 Å². The predicted octanol–water partition coefficient (Wildman–Crippen LogP) is 1.88. The number of carbonyl (C=O) groups excluding carboxylic acids is 1. The largest absolute Gasteiger partial charge is 0.384 e. The third-order valence-corrected chi connectivity index (χ3v) is 4.74. The van der Waals surface area contributed by atoms with Crippen LogP contribution in [0, 0.1) is 5.92 Å². The normalized spacial score (nSPS) is 20.5. The highest BCUT2D eigenvalue weighted by Gasteiger charge is 2.37. The van der Waals surface area contributed by atoms with E-state index in [0.29, 0.717) is 25.4 Å². The van der Waals surface area contributed by atoms with Gasteiger partial charge < -0.3 is 9.64 Å². The molecule has 0 aliphatic carbocycles. The van der Waals surface area contributed by atoms with E-state index in [2.05, 4.69) is 10.1 Å². The van der Waals surface area contributed by atoms with E-state index < -0.39 is 0 Å². The molecule has 0 radical (unpaired) electrons. The molecule has 0 aromatic carbocycles. The third-order valence-electron chi connectivity index (χ3n) is 4.74. The number of rotatable bonds is 5. The fraction of sp³-hybridized carbons (Fsp3) is 0.500. The quantitative estimate of drug-likeness (QED) is 0.841. The average molecular weight is 328 g/mol. The Bertz CT molecular complexity index is 713. The number of hydrogen-bond donors (Lipinski definition) is 0. The SMILES string of the molecule is CCc1cccnc1C(=O)N1C[C@@H](COC)[C@H](c2cnn(C)c2)C1. The highest BCUT2D eigenvalue weighted by molar-refractivity contribution is 5.94. The average Bonchev–Trinajstić information content (AvgIpc) is 3.21. The zero-order valence-electron chi connectivity index (χ0n) is 14.5. The van der Waals surface area contributed by atoms with Gasteiger partial charge in [0.15, 0.2) is 0 Å². The van der Waals surface area contributed by atoms with Crippen LogP contribution in [0.3, 0.4) is 0 Å². The van der Waals surface area contributed by atoms with E-state index in [0.717, 1.165) is 17.5 Å². The van der Waals surface area contributed by atoms with Crippen molar-refractivity contribution in [2.45, 2.75) is 19.3 Å². The summed E-state index contributed by atoms with van der Waals surface area (Å²) in [6.45, 7) is 4.04. The maximum Gasteiger partial charge on any atom is 0.272 e. The Balaban J connectivity index is 1.83. The lowest BCUT2D eigenvalue weighted by molar-refractivity contribution is 0.0768. The lowest BCUT2D eigenvalue weighted by Crippen LogP contribution is -2.30. The van der Waals surface area contributed by atoms with Crippen LogP contribution in [0.1, 0.15) is 34.5 Å². The summed E-state index contributed by atoms with van der Waals surface area (Å²) in [7, 11) is 3.62. The summed E-state index contributed by atoms with van der Waals surface area (Å²) < 4.78 is 7.19. The van der Waals surface area contributed by atoms with E-state index in [9.17, 15) is 4.79 Å². The molecule has 3 rings (SSSR count). The van der Waals surface area contributed by atoms with Gasteiger partial charge in [-0.25, -0.2) is 0 Å². The number of amides is 1. The Hall–Kier alpha value is -2.21. The van der Waals surface area contributed by atoms with Gasteiger partial charge in [-0.3, -0.25) is 14.5 Å². The molecule has 1 fully saturated rings. The Labute approximate surface area is 142 Å². The predicted molar refractivity (Wildman–Crippen MR) is 90.8 cm³/mol. The Morgan fingerprint density at radius 1 is 1.42 bits per heavy atom. The first-order valence-corrected chi connectivity index (χ1v) is 8.34. The van der Waals surface area contributed by atoms with Gasteiger partial charge >= 0.3 is 0 Å². The number of hydrogen-bond acceptors (Lipinski definition) is 4. The molecule has 0 spiro atoms. The third kappa shape index (κ3) is 3.19. The fourth-order valence-electron chi connectivity index (χ4n) is 3.50. The minimum absolute atomic E-state index is 0.0138. The number of pyridine rings is 1. The molecule has 0 saturated carbocycles. The first kappa shape index (κ1) is 16.6. The molecule has 2 atom stereocenters. The van der Waals surface area contributed by atoms with Crippen molar-refractivity contribution >= 4 is 5.91 Å². The Kier molecular flexibility index (Phi) is 4.94. The van der Waals surface area contributed by atoms with Gasteiger partial charge in [0.05, 0.1) is 12.8 Å². The number of methoxy groups -OCH3 is 1. The van der Waals surface area contributed by atoms with Crippen LogP contribution in [0.25, 0.3) is 0 Å². The van der Waals surface area contributed by atoms with Crippen molar-refractivity contribution in [2.75, 3.05) is 26.8 Å².